The number of halogens is 1. The number of benzene rings is 2. The van der Waals surface area contributed by atoms with Gasteiger partial charge >= 0.3 is 0 Å². The highest BCUT2D eigenvalue weighted by atomic mass is 19.1. The van der Waals surface area contributed by atoms with Crippen molar-refractivity contribution in [2.24, 2.45) is 5.92 Å². The Morgan fingerprint density at radius 1 is 0.968 bits per heavy atom. The van der Waals surface area contributed by atoms with Crippen LogP contribution in [0, 0.1) is 11.7 Å². The molecule has 1 N–H and O–H groups in total. The highest BCUT2D eigenvalue weighted by Gasteiger charge is 2.23. The highest BCUT2D eigenvalue weighted by Crippen LogP contribution is 2.28. The Hall–Kier alpha value is -3.22. The van der Waals surface area contributed by atoms with Gasteiger partial charge in [-0.1, -0.05) is 50.2 Å². The molecule has 0 atom stereocenters. The molecule has 4 rings (SSSR count). The van der Waals surface area contributed by atoms with Gasteiger partial charge < -0.3 is 15.1 Å². The normalized spacial score (nSPS) is 14.3. The third-order valence-electron chi connectivity index (χ3n) is 5.66. The average molecular weight is 422 g/mol. The minimum atomic E-state index is -0.200. The van der Waals surface area contributed by atoms with Crippen molar-refractivity contribution in [3.05, 3.63) is 60.0 Å². The summed E-state index contributed by atoms with van der Waals surface area (Å²) in [6, 6.07) is 14.6. The maximum atomic E-state index is 14.1. The lowest BCUT2D eigenvalue weighted by Crippen LogP contribution is -2.47. The minimum Gasteiger partial charge on any atom is -0.366 e. The van der Waals surface area contributed by atoms with Crippen molar-refractivity contribution in [3.63, 3.8) is 0 Å². The van der Waals surface area contributed by atoms with Crippen LogP contribution >= 0.6 is 0 Å². The van der Waals surface area contributed by atoms with Gasteiger partial charge in [0.1, 0.15) is 5.82 Å². The molecule has 2 heterocycles. The van der Waals surface area contributed by atoms with Crippen LogP contribution in [0.4, 0.5) is 15.9 Å². The van der Waals surface area contributed by atoms with E-state index in [1.807, 2.05) is 36.4 Å². The molecule has 0 unspecified atom stereocenters. The number of aromatic nitrogens is 2. The number of piperazine rings is 1. The fraction of sp³-hybridized carbons (Fsp3) is 0.375. The first-order valence-corrected chi connectivity index (χ1v) is 10.8. The molecule has 0 aliphatic carbocycles. The van der Waals surface area contributed by atoms with E-state index in [9.17, 15) is 9.18 Å². The Morgan fingerprint density at radius 2 is 1.61 bits per heavy atom. The van der Waals surface area contributed by atoms with Gasteiger partial charge in [-0.25, -0.2) is 4.39 Å². The van der Waals surface area contributed by atoms with Crippen LogP contribution < -0.4 is 15.1 Å². The van der Waals surface area contributed by atoms with Gasteiger partial charge in [-0.05, 0) is 24.5 Å². The molecule has 1 fully saturated rings. The molecule has 1 aliphatic rings. The van der Waals surface area contributed by atoms with E-state index in [1.165, 1.54) is 6.07 Å². The first kappa shape index (κ1) is 21.0. The summed E-state index contributed by atoms with van der Waals surface area (Å²) in [7, 11) is 0. The second-order valence-corrected chi connectivity index (χ2v) is 8.28. The predicted octanol–water partition coefficient (Wildman–Crippen LogP) is 3.87. The Bertz CT molecular complexity index is 1060. The average Bonchev–Trinajstić information content (AvgIpc) is 2.78. The number of hydrogen-bond acceptors (Lipinski definition) is 5. The molecule has 1 saturated heterocycles. The van der Waals surface area contributed by atoms with Gasteiger partial charge in [0.25, 0.3) is 5.91 Å². The fourth-order valence-corrected chi connectivity index (χ4v) is 3.92. The van der Waals surface area contributed by atoms with Crippen LogP contribution in [0.5, 0.6) is 0 Å². The molecular weight excluding hydrogens is 393 g/mol. The maximum absolute atomic E-state index is 14.1. The summed E-state index contributed by atoms with van der Waals surface area (Å²) in [5.41, 5.74) is 0.986. The van der Waals surface area contributed by atoms with Crippen molar-refractivity contribution in [2.75, 3.05) is 42.5 Å². The van der Waals surface area contributed by atoms with Gasteiger partial charge in [0.15, 0.2) is 11.5 Å². The summed E-state index contributed by atoms with van der Waals surface area (Å²) in [6.07, 6.45) is 0.918. The molecule has 6 nitrogen and oxygen atoms in total. The lowest BCUT2D eigenvalue weighted by Gasteiger charge is -2.37. The topological polar surface area (TPSA) is 61.4 Å². The smallest absolute Gasteiger partial charge is 0.272 e. The number of hydrogen-bond donors (Lipinski definition) is 1. The maximum Gasteiger partial charge on any atom is 0.272 e. The number of carbonyl (C=O) groups is 1. The molecule has 0 saturated carbocycles. The summed E-state index contributed by atoms with van der Waals surface area (Å²) < 4.78 is 14.1. The van der Waals surface area contributed by atoms with Gasteiger partial charge in [-0.3, -0.25) is 4.79 Å². The van der Waals surface area contributed by atoms with Crippen LogP contribution in [-0.4, -0.2) is 48.8 Å². The van der Waals surface area contributed by atoms with Crippen molar-refractivity contribution in [1.29, 1.82) is 0 Å². The molecule has 2 aromatic carbocycles. The molecule has 0 radical (unpaired) electrons. The summed E-state index contributed by atoms with van der Waals surface area (Å²) in [4.78, 5) is 16.9. The zero-order valence-corrected chi connectivity index (χ0v) is 18.0. The number of fused-ring (bicyclic) bond motifs is 1. The fourth-order valence-electron chi connectivity index (χ4n) is 3.92. The van der Waals surface area contributed by atoms with Crippen molar-refractivity contribution in [2.45, 2.75) is 20.3 Å². The Kier molecular flexibility index (Phi) is 6.30. The highest BCUT2D eigenvalue weighted by molar-refractivity contribution is 6.07. The zero-order chi connectivity index (χ0) is 21.8. The van der Waals surface area contributed by atoms with Gasteiger partial charge in [0.05, 0.1) is 5.69 Å². The van der Waals surface area contributed by atoms with E-state index in [0.717, 1.165) is 23.0 Å². The first-order valence-electron chi connectivity index (χ1n) is 10.8. The number of nitrogens with zero attached hydrogens (tertiary/aromatic N) is 4. The molecule has 7 heteroatoms. The largest absolute Gasteiger partial charge is 0.366 e. The van der Waals surface area contributed by atoms with E-state index in [2.05, 4.69) is 39.2 Å². The minimum absolute atomic E-state index is 0.194. The number of anilines is 2. The number of nitrogens with one attached hydrogen (secondary N) is 1. The van der Waals surface area contributed by atoms with Crippen molar-refractivity contribution >= 4 is 28.2 Å². The van der Waals surface area contributed by atoms with Crippen LogP contribution in [0.2, 0.25) is 0 Å². The van der Waals surface area contributed by atoms with E-state index in [-0.39, 0.29) is 11.7 Å². The third kappa shape index (κ3) is 4.60. The molecule has 0 bridgehead atoms. The second kappa shape index (κ2) is 9.29. The van der Waals surface area contributed by atoms with Crippen LogP contribution in [0.1, 0.15) is 30.8 Å². The van der Waals surface area contributed by atoms with Crippen molar-refractivity contribution < 1.29 is 9.18 Å². The van der Waals surface area contributed by atoms with E-state index in [4.69, 9.17) is 0 Å². The molecule has 0 spiro atoms. The van der Waals surface area contributed by atoms with Gasteiger partial charge in [-0.2, -0.15) is 0 Å². The number of carbonyl (C=O) groups excluding carboxylic acids is 1. The second-order valence-electron chi connectivity index (χ2n) is 8.28. The molecule has 1 aromatic heterocycles. The van der Waals surface area contributed by atoms with Crippen LogP contribution in [0.25, 0.3) is 10.8 Å². The molecule has 162 valence electrons. The number of para-hydroxylation sites is 1. The Balaban J connectivity index is 1.53. The number of amides is 1. The van der Waals surface area contributed by atoms with Crippen LogP contribution in [0.15, 0.2) is 48.5 Å². The molecule has 3 aromatic rings. The van der Waals surface area contributed by atoms with E-state index in [1.54, 1.807) is 6.07 Å². The zero-order valence-electron chi connectivity index (χ0n) is 18.0. The van der Waals surface area contributed by atoms with E-state index < -0.39 is 0 Å². The number of rotatable bonds is 6. The third-order valence-corrected chi connectivity index (χ3v) is 5.66. The quantitative estimate of drug-likeness (QED) is 0.655. The van der Waals surface area contributed by atoms with Gasteiger partial charge in [0.2, 0.25) is 0 Å². The summed E-state index contributed by atoms with van der Waals surface area (Å²) in [5.74, 6) is 0.894. The molecule has 1 amide bonds. The molecule has 1 aliphatic heterocycles. The first-order chi connectivity index (χ1) is 15.0. The summed E-state index contributed by atoms with van der Waals surface area (Å²) in [6.45, 7) is 7.65. The van der Waals surface area contributed by atoms with Crippen LogP contribution in [-0.2, 0) is 0 Å². The lowest BCUT2D eigenvalue weighted by atomic mass is 10.1. The van der Waals surface area contributed by atoms with Gasteiger partial charge in [0, 0.05) is 43.5 Å². The SMILES string of the molecule is CC(C)CCNC(=O)c1nnc(N2CCN(c3ccccc3F)CC2)c2ccccc12. The summed E-state index contributed by atoms with van der Waals surface area (Å²) in [5, 5.41) is 13.4. The van der Waals surface area contributed by atoms with Crippen LogP contribution in [0.3, 0.4) is 0 Å². The summed E-state index contributed by atoms with van der Waals surface area (Å²) >= 11 is 0. The van der Waals surface area contributed by atoms with E-state index in [0.29, 0.717) is 50.0 Å². The molecule has 31 heavy (non-hydrogen) atoms. The monoisotopic (exact) mass is 421 g/mol. The Labute approximate surface area is 182 Å². The van der Waals surface area contributed by atoms with Crippen molar-refractivity contribution in [1.82, 2.24) is 15.5 Å². The molecular formula is C24H28FN5O. The van der Waals surface area contributed by atoms with Crippen molar-refractivity contribution in [3.8, 4) is 0 Å². The predicted molar refractivity (Wildman–Crippen MR) is 122 cm³/mol. The van der Waals surface area contributed by atoms with E-state index >= 15 is 0 Å². The lowest BCUT2D eigenvalue weighted by molar-refractivity contribution is 0.0948. The standard InChI is InChI=1S/C24H28FN5O/c1-17(2)11-12-26-24(31)22-18-7-3-4-8-19(18)23(28-27-22)30-15-13-29(14-16-30)21-10-6-5-9-20(21)25/h3-10,17H,11-16H2,1-2H3,(H,26,31). The Morgan fingerprint density at radius 3 is 2.32 bits per heavy atom. The van der Waals surface area contributed by atoms with Gasteiger partial charge in [-0.15, -0.1) is 10.2 Å².